The molecule has 2 heterocycles. The van der Waals surface area contributed by atoms with Crippen LogP contribution >= 0.6 is 11.3 Å². The van der Waals surface area contributed by atoms with Gasteiger partial charge in [-0.15, -0.1) is 11.3 Å². The van der Waals surface area contributed by atoms with Crippen molar-refractivity contribution in [1.29, 1.82) is 0 Å². The zero-order valence-corrected chi connectivity index (χ0v) is 11.9. The van der Waals surface area contributed by atoms with Crippen molar-refractivity contribution in [3.05, 3.63) is 58.0 Å². The van der Waals surface area contributed by atoms with Crippen LogP contribution < -0.4 is 0 Å². The maximum absolute atomic E-state index is 4.72. The van der Waals surface area contributed by atoms with Gasteiger partial charge in [-0.3, -0.25) is 5.10 Å². The molecule has 3 nitrogen and oxygen atoms in total. The van der Waals surface area contributed by atoms with E-state index in [2.05, 4.69) is 21.6 Å². The third kappa shape index (κ3) is 1.96. The number of aryl methyl sites for hydroxylation is 1. The number of rotatable bonds is 2. The molecule has 0 saturated carbocycles. The molecule has 0 amide bonds. The van der Waals surface area contributed by atoms with Crippen molar-refractivity contribution in [2.75, 3.05) is 0 Å². The number of aromatic amines is 1. The molecule has 0 fully saturated rings. The summed E-state index contributed by atoms with van der Waals surface area (Å²) in [5, 5.41) is 9.73. The predicted octanol–water partition coefficient (Wildman–Crippen LogP) is 4.00. The molecule has 1 N–H and O–H groups in total. The molecule has 0 saturated heterocycles. The normalized spacial score (nSPS) is 17.9. The Bertz CT molecular complexity index is 714. The van der Waals surface area contributed by atoms with Crippen LogP contribution in [-0.4, -0.2) is 15.2 Å². The van der Waals surface area contributed by atoms with Gasteiger partial charge in [0.1, 0.15) is 5.82 Å². The molecule has 1 unspecified atom stereocenters. The van der Waals surface area contributed by atoms with Crippen LogP contribution in [0, 0.1) is 0 Å². The van der Waals surface area contributed by atoms with Crippen LogP contribution in [0.4, 0.5) is 0 Å². The number of nitrogens with one attached hydrogen (secondary N) is 1. The van der Waals surface area contributed by atoms with Crippen molar-refractivity contribution in [3.63, 3.8) is 0 Å². The second-order valence-electron chi connectivity index (χ2n) is 5.15. The van der Waals surface area contributed by atoms with Gasteiger partial charge in [-0.2, -0.15) is 5.10 Å². The third-order valence-corrected chi connectivity index (χ3v) is 4.91. The molecule has 1 aliphatic rings. The molecule has 0 bridgehead atoms. The maximum Gasteiger partial charge on any atom is 0.181 e. The number of aromatic nitrogens is 3. The van der Waals surface area contributed by atoms with Gasteiger partial charge >= 0.3 is 0 Å². The van der Waals surface area contributed by atoms with Crippen molar-refractivity contribution < 1.29 is 0 Å². The predicted molar refractivity (Wildman–Crippen MR) is 80.9 cm³/mol. The summed E-state index contributed by atoms with van der Waals surface area (Å²) in [6.45, 7) is 0. The first-order valence-electron chi connectivity index (χ1n) is 6.96. The molecule has 4 rings (SSSR count). The highest BCUT2D eigenvalue weighted by Crippen LogP contribution is 2.38. The average molecular weight is 281 g/mol. The number of hydrogen-bond acceptors (Lipinski definition) is 3. The van der Waals surface area contributed by atoms with Gasteiger partial charge < -0.3 is 0 Å². The van der Waals surface area contributed by atoms with Gasteiger partial charge in [0.2, 0.25) is 0 Å². The minimum Gasteiger partial charge on any atom is -0.262 e. The van der Waals surface area contributed by atoms with E-state index in [0.717, 1.165) is 23.6 Å². The largest absolute Gasteiger partial charge is 0.262 e. The SMILES string of the molecule is c1ccc(-c2n[nH]c(C3CCCc4sccc43)n2)cc1. The smallest absolute Gasteiger partial charge is 0.181 e. The van der Waals surface area contributed by atoms with Crippen molar-refractivity contribution in [1.82, 2.24) is 15.2 Å². The number of nitrogens with zero attached hydrogens (tertiary/aromatic N) is 2. The van der Waals surface area contributed by atoms with Gasteiger partial charge in [0.15, 0.2) is 5.82 Å². The molecule has 0 spiro atoms. The topological polar surface area (TPSA) is 41.6 Å². The van der Waals surface area contributed by atoms with Crippen LogP contribution in [0.2, 0.25) is 0 Å². The molecule has 20 heavy (non-hydrogen) atoms. The summed E-state index contributed by atoms with van der Waals surface area (Å²) in [6, 6.07) is 12.4. The van der Waals surface area contributed by atoms with Gasteiger partial charge in [0.25, 0.3) is 0 Å². The second-order valence-corrected chi connectivity index (χ2v) is 6.15. The molecule has 4 heteroatoms. The Morgan fingerprint density at radius 1 is 1.15 bits per heavy atom. The third-order valence-electron chi connectivity index (χ3n) is 3.92. The standard InChI is InChI=1S/C16H15N3S/c1-2-5-11(6-3-1)15-17-16(19-18-15)13-7-4-8-14-12(13)9-10-20-14/h1-3,5-6,9-10,13H,4,7-8H2,(H,17,18,19). The molecule has 1 aromatic carbocycles. The van der Waals surface area contributed by atoms with E-state index < -0.39 is 0 Å². The second kappa shape index (κ2) is 4.87. The van der Waals surface area contributed by atoms with Gasteiger partial charge in [-0.05, 0) is 36.3 Å². The molecule has 0 aliphatic heterocycles. The molecular weight excluding hydrogens is 266 g/mol. The molecule has 0 radical (unpaired) electrons. The summed E-state index contributed by atoms with van der Waals surface area (Å²) in [5.41, 5.74) is 2.51. The first kappa shape index (κ1) is 11.9. The van der Waals surface area contributed by atoms with Gasteiger partial charge in [0, 0.05) is 16.4 Å². The first-order chi connectivity index (χ1) is 9.92. The van der Waals surface area contributed by atoms with Crippen molar-refractivity contribution in [3.8, 4) is 11.4 Å². The van der Waals surface area contributed by atoms with Gasteiger partial charge in [0.05, 0.1) is 0 Å². The Hall–Kier alpha value is -1.94. The molecular formula is C16H15N3S. The van der Waals surface area contributed by atoms with Crippen LogP contribution in [0.3, 0.4) is 0 Å². The quantitative estimate of drug-likeness (QED) is 0.771. The van der Waals surface area contributed by atoms with Crippen molar-refractivity contribution >= 4 is 11.3 Å². The fourth-order valence-corrected chi connectivity index (χ4v) is 3.90. The number of benzene rings is 1. The van der Waals surface area contributed by atoms with Crippen LogP contribution in [0.1, 0.15) is 35.0 Å². The van der Waals surface area contributed by atoms with E-state index in [1.165, 1.54) is 23.3 Å². The van der Waals surface area contributed by atoms with Crippen LogP contribution in [0.5, 0.6) is 0 Å². The minimum atomic E-state index is 0.384. The van der Waals surface area contributed by atoms with Crippen LogP contribution in [-0.2, 0) is 6.42 Å². The van der Waals surface area contributed by atoms with E-state index in [1.54, 1.807) is 0 Å². The maximum atomic E-state index is 4.72. The number of thiophene rings is 1. The average Bonchev–Trinajstić information content (AvgIpc) is 3.17. The van der Waals surface area contributed by atoms with E-state index in [4.69, 9.17) is 4.98 Å². The lowest BCUT2D eigenvalue weighted by molar-refractivity contribution is 0.600. The highest BCUT2D eigenvalue weighted by Gasteiger charge is 2.25. The van der Waals surface area contributed by atoms with Crippen LogP contribution in [0.25, 0.3) is 11.4 Å². The highest BCUT2D eigenvalue weighted by atomic mass is 32.1. The molecule has 2 aromatic heterocycles. The zero-order chi connectivity index (χ0) is 13.4. The van der Waals surface area contributed by atoms with E-state index in [0.29, 0.717) is 5.92 Å². The Balaban J connectivity index is 1.70. The lowest BCUT2D eigenvalue weighted by Gasteiger charge is -2.20. The Morgan fingerprint density at radius 3 is 2.95 bits per heavy atom. The summed E-state index contributed by atoms with van der Waals surface area (Å²) in [4.78, 5) is 6.23. The Labute approximate surface area is 121 Å². The van der Waals surface area contributed by atoms with Crippen LogP contribution in [0.15, 0.2) is 41.8 Å². The fraction of sp³-hybridized carbons (Fsp3) is 0.250. The summed E-state index contributed by atoms with van der Waals surface area (Å²) in [5.74, 6) is 2.18. The van der Waals surface area contributed by atoms with E-state index in [-0.39, 0.29) is 0 Å². The number of fused-ring (bicyclic) bond motifs is 1. The lowest BCUT2D eigenvalue weighted by atomic mass is 9.87. The summed E-state index contributed by atoms with van der Waals surface area (Å²) in [6.07, 6.45) is 3.61. The fourth-order valence-electron chi connectivity index (χ4n) is 2.92. The number of H-pyrrole nitrogens is 1. The highest BCUT2D eigenvalue weighted by molar-refractivity contribution is 7.10. The van der Waals surface area contributed by atoms with E-state index in [1.807, 2.05) is 41.7 Å². The number of hydrogen-bond donors (Lipinski definition) is 1. The van der Waals surface area contributed by atoms with Gasteiger partial charge in [-0.1, -0.05) is 30.3 Å². The Morgan fingerprint density at radius 2 is 2.05 bits per heavy atom. The summed E-state index contributed by atoms with van der Waals surface area (Å²) < 4.78 is 0. The Kier molecular flexibility index (Phi) is 2.89. The van der Waals surface area contributed by atoms with E-state index >= 15 is 0 Å². The summed E-state index contributed by atoms with van der Waals surface area (Å²) in [7, 11) is 0. The monoisotopic (exact) mass is 281 g/mol. The minimum absolute atomic E-state index is 0.384. The molecule has 100 valence electrons. The van der Waals surface area contributed by atoms with Crippen molar-refractivity contribution in [2.24, 2.45) is 0 Å². The molecule has 1 atom stereocenters. The molecule has 1 aliphatic carbocycles. The molecule has 3 aromatic rings. The van der Waals surface area contributed by atoms with Gasteiger partial charge in [-0.25, -0.2) is 4.98 Å². The first-order valence-corrected chi connectivity index (χ1v) is 7.84. The summed E-state index contributed by atoms with van der Waals surface area (Å²) >= 11 is 1.86. The lowest BCUT2D eigenvalue weighted by Crippen LogP contribution is -2.10. The zero-order valence-electron chi connectivity index (χ0n) is 11.0. The van der Waals surface area contributed by atoms with Crippen molar-refractivity contribution in [2.45, 2.75) is 25.2 Å². The van der Waals surface area contributed by atoms with E-state index in [9.17, 15) is 0 Å².